The second-order valence-corrected chi connectivity index (χ2v) is 4.45. The van der Waals surface area contributed by atoms with E-state index in [4.69, 9.17) is 0 Å². The van der Waals surface area contributed by atoms with Gasteiger partial charge in [-0.3, -0.25) is 0 Å². The van der Waals surface area contributed by atoms with E-state index >= 15 is 0 Å². The van der Waals surface area contributed by atoms with Gasteiger partial charge in [-0.2, -0.15) is 0 Å². The van der Waals surface area contributed by atoms with Crippen molar-refractivity contribution in [3.05, 3.63) is 18.2 Å². The van der Waals surface area contributed by atoms with E-state index in [2.05, 4.69) is 21.1 Å². The van der Waals surface area contributed by atoms with E-state index in [1.54, 1.807) is 0 Å². The molecule has 0 amide bonds. The number of piperidine rings is 1. The van der Waals surface area contributed by atoms with E-state index in [1.165, 1.54) is 31.5 Å². The van der Waals surface area contributed by atoms with Crippen molar-refractivity contribution in [2.75, 3.05) is 13.1 Å². The Hall–Kier alpha value is -0.250. The van der Waals surface area contributed by atoms with Gasteiger partial charge in [-0.15, -0.1) is 24.8 Å². The number of nitrogens with zero attached hydrogens (tertiary/aromatic N) is 2. The van der Waals surface area contributed by atoms with Crippen molar-refractivity contribution in [1.29, 1.82) is 0 Å². The van der Waals surface area contributed by atoms with Gasteiger partial charge >= 0.3 is 0 Å². The monoisotopic (exact) mass is 263 g/mol. The van der Waals surface area contributed by atoms with Crippen LogP contribution in [0.25, 0.3) is 0 Å². The van der Waals surface area contributed by atoms with E-state index in [1.807, 2.05) is 6.20 Å². The first-order valence-corrected chi connectivity index (χ1v) is 5.68. The van der Waals surface area contributed by atoms with Gasteiger partial charge < -0.3 is 9.88 Å². The zero-order valence-electron chi connectivity index (χ0n) is 9.26. The molecular weight excluding hydrogens is 245 g/mol. The second kappa shape index (κ2) is 5.89. The molecule has 3 rings (SSSR count). The number of aromatic nitrogens is 2. The summed E-state index contributed by atoms with van der Waals surface area (Å²) in [7, 11) is 0. The highest BCUT2D eigenvalue weighted by Crippen LogP contribution is 2.40. The Balaban J connectivity index is 0.000000640. The van der Waals surface area contributed by atoms with Gasteiger partial charge in [0, 0.05) is 24.4 Å². The van der Waals surface area contributed by atoms with Crippen LogP contribution >= 0.6 is 24.8 Å². The minimum atomic E-state index is 0. The van der Waals surface area contributed by atoms with Crippen LogP contribution < -0.4 is 5.32 Å². The Bertz CT molecular complexity index is 317. The number of hydrogen-bond acceptors (Lipinski definition) is 2. The van der Waals surface area contributed by atoms with E-state index in [0.717, 1.165) is 19.0 Å². The molecule has 2 fully saturated rings. The molecule has 5 heteroatoms. The summed E-state index contributed by atoms with van der Waals surface area (Å²) in [5.41, 5.74) is 0. The van der Waals surface area contributed by atoms with Gasteiger partial charge in [0.2, 0.25) is 0 Å². The van der Waals surface area contributed by atoms with Crippen LogP contribution in [-0.4, -0.2) is 22.6 Å². The third kappa shape index (κ3) is 2.70. The highest BCUT2D eigenvalue weighted by molar-refractivity contribution is 5.85. The maximum Gasteiger partial charge on any atom is 0.112 e. The smallest absolute Gasteiger partial charge is 0.112 e. The average Bonchev–Trinajstić information content (AvgIpc) is 2.98. The van der Waals surface area contributed by atoms with Gasteiger partial charge in [0.15, 0.2) is 0 Å². The Morgan fingerprint density at radius 2 is 1.81 bits per heavy atom. The molecule has 0 bridgehead atoms. The fourth-order valence-corrected chi connectivity index (χ4v) is 2.38. The predicted molar refractivity (Wildman–Crippen MR) is 69.8 cm³/mol. The SMILES string of the molecule is Cl.Cl.c1cn(C2CCNCC2)c(C2CC2)n1. The normalized spacial score (nSPS) is 21.0. The summed E-state index contributed by atoms with van der Waals surface area (Å²) in [4.78, 5) is 4.50. The van der Waals surface area contributed by atoms with E-state index in [9.17, 15) is 0 Å². The highest BCUT2D eigenvalue weighted by Gasteiger charge is 2.29. The van der Waals surface area contributed by atoms with Crippen LogP contribution in [-0.2, 0) is 0 Å². The zero-order chi connectivity index (χ0) is 9.38. The third-order valence-electron chi connectivity index (χ3n) is 3.34. The molecule has 0 aromatic carbocycles. The zero-order valence-corrected chi connectivity index (χ0v) is 10.9. The summed E-state index contributed by atoms with van der Waals surface area (Å²) >= 11 is 0. The van der Waals surface area contributed by atoms with E-state index in [-0.39, 0.29) is 24.8 Å². The summed E-state index contributed by atoms with van der Waals surface area (Å²) in [5, 5.41) is 3.41. The standard InChI is InChI=1S/C11H17N3.2ClH/c1-2-9(1)11-13-7-8-14(11)10-3-5-12-6-4-10;;/h7-10,12H,1-6H2;2*1H. The van der Waals surface area contributed by atoms with Gasteiger partial charge in [-0.05, 0) is 38.8 Å². The molecule has 1 aromatic heterocycles. The maximum absolute atomic E-state index is 4.50. The molecule has 1 saturated carbocycles. The molecule has 2 aliphatic rings. The van der Waals surface area contributed by atoms with Gasteiger partial charge in [0.1, 0.15) is 5.82 Å². The largest absolute Gasteiger partial charge is 0.332 e. The van der Waals surface area contributed by atoms with Crippen LogP contribution in [0.15, 0.2) is 12.4 Å². The van der Waals surface area contributed by atoms with Crippen LogP contribution in [0.1, 0.15) is 43.5 Å². The first-order chi connectivity index (χ1) is 6.95. The molecule has 16 heavy (non-hydrogen) atoms. The molecule has 0 unspecified atom stereocenters. The first-order valence-electron chi connectivity index (χ1n) is 5.68. The van der Waals surface area contributed by atoms with Gasteiger partial charge in [-0.1, -0.05) is 0 Å². The molecule has 1 aliphatic heterocycles. The van der Waals surface area contributed by atoms with Crippen molar-refractivity contribution < 1.29 is 0 Å². The second-order valence-electron chi connectivity index (χ2n) is 4.45. The average molecular weight is 264 g/mol. The lowest BCUT2D eigenvalue weighted by molar-refractivity contribution is 0.360. The van der Waals surface area contributed by atoms with Crippen molar-refractivity contribution in [2.24, 2.45) is 0 Å². The first kappa shape index (κ1) is 13.8. The number of hydrogen-bond donors (Lipinski definition) is 1. The van der Waals surface area contributed by atoms with Crippen molar-refractivity contribution in [1.82, 2.24) is 14.9 Å². The van der Waals surface area contributed by atoms with Crippen LogP contribution in [0.2, 0.25) is 0 Å². The molecule has 1 saturated heterocycles. The lowest BCUT2D eigenvalue weighted by Crippen LogP contribution is -2.29. The minimum absolute atomic E-state index is 0. The quantitative estimate of drug-likeness (QED) is 0.889. The van der Waals surface area contributed by atoms with Gasteiger partial charge in [0.25, 0.3) is 0 Å². The van der Waals surface area contributed by atoms with Crippen LogP contribution in [0, 0.1) is 0 Å². The summed E-state index contributed by atoms with van der Waals surface area (Å²) < 4.78 is 2.43. The van der Waals surface area contributed by atoms with E-state index < -0.39 is 0 Å². The molecule has 92 valence electrons. The van der Waals surface area contributed by atoms with E-state index in [0.29, 0.717) is 6.04 Å². The van der Waals surface area contributed by atoms with Crippen LogP contribution in [0.3, 0.4) is 0 Å². The lowest BCUT2D eigenvalue weighted by Gasteiger charge is -2.25. The third-order valence-corrected chi connectivity index (χ3v) is 3.34. The Labute approximate surface area is 109 Å². The summed E-state index contributed by atoms with van der Waals surface area (Å²) in [6, 6.07) is 0.703. The van der Waals surface area contributed by atoms with Crippen molar-refractivity contribution in [2.45, 2.75) is 37.6 Å². The highest BCUT2D eigenvalue weighted by atomic mass is 35.5. The Kier molecular flexibility index (Phi) is 5.09. The van der Waals surface area contributed by atoms with Crippen LogP contribution in [0.4, 0.5) is 0 Å². The topological polar surface area (TPSA) is 29.9 Å². The fourth-order valence-electron chi connectivity index (χ4n) is 2.38. The van der Waals surface area contributed by atoms with Crippen molar-refractivity contribution in [3.63, 3.8) is 0 Å². The van der Waals surface area contributed by atoms with Gasteiger partial charge in [0.05, 0.1) is 0 Å². The summed E-state index contributed by atoms with van der Waals surface area (Å²) in [5.74, 6) is 2.12. The van der Waals surface area contributed by atoms with Crippen molar-refractivity contribution in [3.8, 4) is 0 Å². The Morgan fingerprint density at radius 1 is 1.12 bits per heavy atom. The molecule has 1 N–H and O–H groups in total. The minimum Gasteiger partial charge on any atom is -0.332 e. The summed E-state index contributed by atoms with van der Waals surface area (Å²) in [6.07, 6.45) is 9.36. The lowest BCUT2D eigenvalue weighted by atomic mass is 10.1. The summed E-state index contributed by atoms with van der Waals surface area (Å²) in [6.45, 7) is 2.32. The molecular formula is C11H19Cl2N3. The molecule has 3 nitrogen and oxygen atoms in total. The number of imidazole rings is 1. The van der Waals surface area contributed by atoms with Gasteiger partial charge in [-0.25, -0.2) is 4.98 Å². The predicted octanol–water partition coefficient (Wildman–Crippen LogP) is 2.53. The molecule has 1 aromatic rings. The molecule has 1 aliphatic carbocycles. The number of nitrogens with one attached hydrogen (secondary N) is 1. The fraction of sp³-hybridized carbons (Fsp3) is 0.727. The van der Waals surface area contributed by atoms with Crippen LogP contribution in [0.5, 0.6) is 0 Å². The number of rotatable bonds is 2. The molecule has 0 radical (unpaired) electrons. The van der Waals surface area contributed by atoms with Crippen molar-refractivity contribution >= 4 is 24.8 Å². The maximum atomic E-state index is 4.50. The molecule has 0 spiro atoms. The Morgan fingerprint density at radius 3 is 2.44 bits per heavy atom. The molecule has 0 atom stereocenters. The molecule has 2 heterocycles. The number of halogens is 2.